The zero-order valence-corrected chi connectivity index (χ0v) is 11.4. The lowest BCUT2D eigenvalue weighted by molar-refractivity contribution is 0.0949. The number of aryl methyl sites for hydroxylation is 1. The summed E-state index contributed by atoms with van der Waals surface area (Å²) in [6, 6.07) is 8.04. The molecular weight excluding hydrogens is 238 g/mol. The van der Waals surface area contributed by atoms with Gasteiger partial charge in [0.2, 0.25) is 0 Å². The summed E-state index contributed by atoms with van der Waals surface area (Å²) in [6.45, 7) is 4.84. The molecule has 0 unspecified atom stereocenters. The Hall–Kier alpha value is -2.10. The number of benzene rings is 1. The van der Waals surface area contributed by atoms with E-state index in [-0.39, 0.29) is 5.91 Å². The molecule has 0 aliphatic carbocycles. The molecule has 0 bridgehead atoms. The third-order valence-electron chi connectivity index (χ3n) is 2.96. The molecule has 0 saturated carbocycles. The second kappa shape index (κ2) is 6.18. The number of H-pyrrole nitrogens is 1. The van der Waals surface area contributed by atoms with Gasteiger partial charge in [0, 0.05) is 12.1 Å². The number of aromatic amines is 1. The van der Waals surface area contributed by atoms with Crippen LogP contribution in [0.3, 0.4) is 0 Å². The number of carbonyl (C=O) groups is 1. The van der Waals surface area contributed by atoms with Crippen LogP contribution < -0.4 is 5.32 Å². The molecule has 4 nitrogen and oxygen atoms in total. The van der Waals surface area contributed by atoms with Gasteiger partial charge in [-0.2, -0.15) is 0 Å². The molecule has 19 heavy (non-hydrogen) atoms. The van der Waals surface area contributed by atoms with E-state index in [9.17, 15) is 4.79 Å². The zero-order valence-electron chi connectivity index (χ0n) is 11.4. The van der Waals surface area contributed by atoms with Gasteiger partial charge in [-0.25, -0.2) is 4.98 Å². The Kier molecular flexibility index (Phi) is 4.34. The van der Waals surface area contributed by atoms with Crippen molar-refractivity contribution >= 4 is 5.91 Å². The minimum atomic E-state index is -0.0979. The third kappa shape index (κ3) is 3.44. The Bertz CT molecular complexity index is 543. The molecular formula is C15H19N3O. The molecule has 2 rings (SSSR count). The highest BCUT2D eigenvalue weighted by atomic mass is 16.1. The summed E-state index contributed by atoms with van der Waals surface area (Å²) in [7, 11) is 0. The van der Waals surface area contributed by atoms with Gasteiger partial charge in [-0.05, 0) is 13.3 Å². The number of unbranched alkanes of at least 4 members (excludes halogenated alkanes) is 1. The largest absolute Gasteiger partial charge is 0.351 e. The predicted octanol–water partition coefficient (Wildman–Crippen LogP) is 2.92. The molecule has 0 radical (unpaired) electrons. The van der Waals surface area contributed by atoms with E-state index in [1.165, 1.54) is 5.56 Å². The van der Waals surface area contributed by atoms with Crippen molar-refractivity contribution in [2.75, 3.05) is 6.54 Å². The third-order valence-corrected chi connectivity index (χ3v) is 2.96. The number of hydrogen-bond donors (Lipinski definition) is 2. The van der Waals surface area contributed by atoms with Crippen molar-refractivity contribution < 1.29 is 4.79 Å². The average Bonchev–Trinajstić information content (AvgIpc) is 2.89. The Labute approximate surface area is 113 Å². The fourth-order valence-electron chi connectivity index (χ4n) is 1.77. The van der Waals surface area contributed by atoms with E-state index in [0.29, 0.717) is 12.2 Å². The fourth-order valence-corrected chi connectivity index (χ4v) is 1.77. The number of hydrogen-bond acceptors (Lipinski definition) is 2. The van der Waals surface area contributed by atoms with E-state index in [1.54, 1.807) is 6.20 Å². The quantitative estimate of drug-likeness (QED) is 0.809. The molecule has 1 aromatic carbocycles. The monoisotopic (exact) mass is 257 g/mol. The average molecular weight is 257 g/mol. The number of aromatic nitrogens is 2. The van der Waals surface area contributed by atoms with Gasteiger partial charge in [-0.3, -0.25) is 4.79 Å². The molecule has 1 heterocycles. The Morgan fingerprint density at radius 2 is 2.05 bits per heavy atom. The van der Waals surface area contributed by atoms with Gasteiger partial charge in [-0.1, -0.05) is 43.2 Å². The van der Waals surface area contributed by atoms with E-state index in [4.69, 9.17) is 0 Å². The predicted molar refractivity (Wildman–Crippen MR) is 76.0 cm³/mol. The van der Waals surface area contributed by atoms with Crippen LogP contribution in [0.25, 0.3) is 11.4 Å². The second-order valence-corrected chi connectivity index (χ2v) is 4.62. The summed E-state index contributed by atoms with van der Waals surface area (Å²) in [5.74, 6) is 0.625. The van der Waals surface area contributed by atoms with Crippen LogP contribution >= 0.6 is 0 Å². The van der Waals surface area contributed by atoms with Crippen molar-refractivity contribution in [2.24, 2.45) is 0 Å². The Morgan fingerprint density at radius 1 is 1.32 bits per heavy atom. The van der Waals surface area contributed by atoms with Crippen molar-refractivity contribution in [1.82, 2.24) is 15.3 Å². The molecule has 0 aliphatic rings. The molecule has 0 saturated heterocycles. The van der Waals surface area contributed by atoms with Crippen molar-refractivity contribution in [3.8, 4) is 11.4 Å². The number of nitrogens with zero attached hydrogens (tertiary/aromatic N) is 1. The molecule has 0 aliphatic heterocycles. The molecule has 1 amide bonds. The number of amides is 1. The summed E-state index contributed by atoms with van der Waals surface area (Å²) in [5.41, 5.74) is 2.69. The zero-order chi connectivity index (χ0) is 13.7. The van der Waals surface area contributed by atoms with Crippen LogP contribution in [0.4, 0.5) is 0 Å². The van der Waals surface area contributed by atoms with Crippen LogP contribution in [0.15, 0.2) is 30.5 Å². The van der Waals surface area contributed by atoms with E-state index < -0.39 is 0 Å². The summed E-state index contributed by atoms with van der Waals surface area (Å²) in [6.07, 6.45) is 3.64. The van der Waals surface area contributed by atoms with Crippen LogP contribution in [0, 0.1) is 6.92 Å². The Balaban J connectivity index is 2.06. The highest BCUT2D eigenvalue weighted by Gasteiger charge is 2.09. The summed E-state index contributed by atoms with van der Waals surface area (Å²) in [5, 5.41) is 2.86. The SMILES string of the molecule is CCCCNC(=O)c1cnc(-c2ccc(C)cc2)[nH]1. The number of rotatable bonds is 5. The molecule has 2 N–H and O–H groups in total. The Morgan fingerprint density at radius 3 is 2.74 bits per heavy atom. The second-order valence-electron chi connectivity index (χ2n) is 4.62. The highest BCUT2D eigenvalue weighted by molar-refractivity contribution is 5.92. The van der Waals surface area contributed by atoms with E-state index >= 15 is 0 Å². The van der Waals surface area contributed by atoms with E-state index in [1.807, 2.05) is 31.2 Å². The molecule has 0 atom stereocenters. The van der Waals surface area contributed by atoms with Crippen molar-refractivity contribution in [3.63, 3.8) is 0 Å². The summed E-state index contributed by atoms with van der Waals surface area (Å²) >= 11 is 0. The van der Waals surface area contributed by atoms with Crippen molar-refractivity contribution in [1.29, 1.82) is 0 Å². The van der Waals surface area contributed by atoms with Crippen LogP contribution in [0.1, 0.15) is 35.8 Å². The maximum Gasteiger partial charge on any atom is 0.269 e. The highest BCUT2D eigenvalue weighted by Crippen LogP contribution is 2.16. The summed E-state index contributed by atoms with van der Waals surface area (Å²) < 4.78 is 0. The first kappa shape index (κ1) is 13.3. The van der Waals surface area contributed by atoms with Gasteiger partial charge in [0.05, 0.1) is 6.20 Å². The molecule has 100 valence electrons. The lowest BCUT2D eigenvalue weighted by Crippen LogP contribution is -2.24. The molecule has 4 heteroatoms. The van der Waals surface area contributed by atoms with Crippen LogP contribution in [0.2, 0.25) is 0 Å². The maximum absolute atomic E-state index is 11.8. The van der Waals surface area contributed by atoms with Gasteiger partial charge in [0.1, 0.15) is 11.5 Å². The fraction of sp³-hybridized carbons (Fsp3) is 0.333. The van der Waals surface area contributed by atoms with Crippen LogP contribution in [-0.2, 0) is 0 Å². The first-order chi connectivity index (χ1) is 9.20. The van der Waals surface area contributed by atoms with Gasteiger partial charge < -0.3 is 10.3 Å². The van der Waals surface area contributed by atoms with Crippen LogP contribution in [0.5, 0.6) is 0 Å². The van der Waals surface area contributed by atoms with Gasteiger partial charge >= 0.3 is 0 Å². The maximum atomic E-state index is 11.8. The minimum Gasteiger partial charge on any atom is -0.351 e. The van der Waals surface area contributed by atoms with Crippen molar-refractivity contribution in [3.05, 3.63) is 41.7 Å². The molecule has 0 spiro atoms. The van der Waals surface area contributed by atoms with Crippen LogP contribution in [-0.4, -0.2) is 22.4 Å². The lowest BCUT2D eigenvalue weighted by atomic mass is 10.1. The van der Waals surface area contributed by atoms with Gasteiger partial charge in [-0.15, -0.1) is 0 Å². The normalized spacial score (nSPS) is 10.4. The van der Waals surface area contributed by atoms with E-state index in [0.717, 1.165) is 24.2 Å². The number of nitrogens with one attached hydrogen (secondary N) is 2. The molecule has 2 aromatic rings. The smallest absolute Gasteiger partial charge is 0.269 e. The summed E-state index contributed by atoms with van der Waals surface area (Å²) in [4.78, 5) is 19.1. The van der Waals surface area contributed by atoms with E-state index in [2.05, 4.69) is 22.2 Å². The first-order valence-corrected chi connectivity index (χ1v) is 6.61. The molecule has 0 fully saturated rings. The topological polar surface area (TPSA) is 57.8 Å². The first-order valence-electron chi connectivity index (χ1n) is 6.61. The van der Waals surface area contributed by atoms with Gasteiger partial charge in [0.25, 0.3) is 5.91 Å². The lowest BCUT2D eigenvalue weighted by Gasteiger charge is -2.01. The van der Waals surface area contributed by atoms with Gasteiger partial charge in [0.15, 0.2) is 0 Å². The number of carbonyl (C=O) groups excluding carboxylic acids is 1. The standard InChI is InChI=1S/C15H19N3O/c1-3-4-9-16-15(19)13-10-17-14(18-13)12-7-5-11(2)6-8-12/h5-8,10H,3-4,9H2,1-2H3,(H,16,19)(H,17,18). The van der Waals surface area contributed by atoms with Crippen molar-refractivity contribution in [2.45, 2.75) is 26.7 Å². The molecule has 1 aromatic heterocycles. The minimum absolute atomic E-state index is 0.0979. The number of imidazole rings is 1.